The van der Waals surface area contributed by atoms with Crippen molar-refractivity contribution in [3.05, 3.63) is 20.1 Å². The quantitative estimate of drug-likeness (QED) is 0.355. The third-order valence-electron chi connectivity index (χ3n) is 0.255. The molecule has 8 heavy (non-hydrogen) atoms. The van der Waals surface area contributed by atoms with Crippen LogP contribution in [0, 0.1) is 13.5 Å². The van der Waals surface area contributed by atoms with E-state index >= 15 is 0 Å². The number of rotatable bonds is 2. The zero-order valence-electron chi connectivity index (χ0n) is 4.85. The molecule has 0 aromatic carbocycles. The molecular formula is C5H7NOY-2. The molecule has 1 radical (unpaired) electrons. The van der Waals surface area contributed by atoms with Crippen LogP contribution in [-0.2, 0) is 37.5 Å². The number of hydrogen-bond donors (Lipinski definition) is 0. The molecule has 0 saturated heterocycles. The molecule has 0 atom stereocenters. The van der Waals surface area contributed by atoms with Crippen LogP contribution < -0.4 is 0 Å². The summed E-state index contributed by atoms with van der Waals surface area (Å²) in [6.45, 7) is 3.45. The summed E-state index contributed by atoms with van der Waals surface area (Å²) in [5.74, 6) is 0. The van der Waals surface area contributed by atoms with Crippen LogP contribution in [-0.4, -0.2) is 12.6 Å². The van der Waals surface area contributed by atoms with Crippen molar-refractivity contribution in [1.29, 1.82) is 0 Å². The van der Waals surface area contributed by atoms with Crippen molar-refractivity contribution < 1.29 is 37.5 Å². The van der Waals surface area contributed by atoms with Gasteiger partial charge in [0.25, 0.3) is 0 Å². The fourth-order valence-corrected chi connectivity index (χ4v) is 0.0882. The molecule has 2 nitrogen and oxygen atoms in total. The van der Waals surface area contributed by atoms with Crippen LogP contribution in [0.15, 0.2) is 11.6 Å². The third-order valence-corrected chi connectivity index (χ3v) is 0.255. The standard InChI is InChI=1S/C4H4NO.CH3.Y/c1-2-3-5-4-6;;/h1,3H2;1H3;/q2*-1;. The minimum atomic E-state index is 0. The van der Waals surface area contributed by atoms with Gasteiger partial charge in [0.2, 0.25) is 6.08 Å². The van der Waals surface area contributed by atoms with Crippen LogP contribution in [0.4, 0.5) is 0 Å². The average molecular weight is 186 g/mol. The predicted octanol–water partition coefficient (Wildman–Crippen LogP) is 0.759. The van der Waals surface area contributed by atoms with Gasteiger partial charge in [-0.1, -0.05) is 6.54 Å². The molecule has 0 saturated carbocycles. The van der Waals surface area contributed by atoms with Crippen molar-refractivity contribution >= 4 is 6.08 Å². The molecule has 3 heteroatoms. The third kappa shape index (κ3) is 16.3. The van der Waals surface area contributed by atoms with E-state index in [1.54, 1.807) is 0 Å². The first kappa shape index (κ1) is 15.7. The molecule has 0 aromatic rings. The minimum Gasteiger partial charge on any atom is -0.481 e. The van der Waals surface area contributed by atoms with E-state index in [-0.39, 0.29) is 46.7 Å². The van der Waals surface area contributed by atoms with E-state index in [9.17, 15) is 4.79 Å². The maximum atomic E-state index is 9.20. The van der Waals surface area contributed by atoms with E-state index in [0.29, 0.717) is 0 Å². The number of hydrogen-bond acceptors (Lipinski definition) is 2. The van der Waals surface area contributed by atoms with Crippen LogP contribution >= 0.6 is 0 Å². The summed E-state index contributed by atoms with van der Waals surface area (Å²) >= 11 is 0. The number of aliphatic imine (C=N–C) groups is 1. The van der Waals surface area contributed by atoms with Crippen molar-refractivity contribution in [2.75, 3.05) is 6.54 Å². The second-order valence-electron chi connectivity index (χ2n) is 0.658. The minimum absolute atomic E-state index is 0. The van der Waals surface area contributed by atoms with E-state index in [2.05, 4.69) is 17.6 Å². The summed E-state index contributed by atoms with van der Waals surface area (Å²) in [5, 5.41) is 0. The molecule has 0 aromatic heterocycles. The second-order valence-corrected chi connectivity index (χ2v) is 0.658. The Morgan fingerprint density at radius 3 is 2.38 bits per heavy atom. The summed E-state index contributed by atoms with van der Waals surface area (Å²) in [4.78, 5) is 12.3. The zero-order chi connectivity index (χ0) is 4.83. The van der Waals surface area contributed by atoms with Gasteiger partial charge in [-0.3, -0.25) is 6.58 Å². The van der Waals surface area contributed by atoms with Crippen molar-refractivity contribution in [3.63, 3.8) is 0 Å². The Morgan fingerprint density at radius 2 is 2.25 bits per heavy atom. The van der Waals surface area contributed by atoms with Crippen molar-refractivity contribution in [2.24, 2.45) is 4.99 Å². The van der Waals surface area contributed by atoms with Crippen LogP contribution in [0.1, 0.15) is 0 Å². The Morgan fingerprint density at radius 1 is 1.75 bits per heavy atom. The van der Waals surface area contributed by atoms with Crippen LogP contribution in [0.2, 0.25) is 0 Å². The van der Waals surface area contributed by atoms with Gasteiger partial charge < -0.3 is 13.5 Å². The van der Waals surface area contributed by atoms with Crippen LogP contribution in [0.3, 0.4) is 0 Å². The maximum Gasteiger partial charge on any atom is 0.232 e. The number of isocyanates is 1. The Bertz CT molecular complexity index is 86.4. The van der Waals surface area contributed by atoms with Gasteiger partial charge in [-0.2, -0.15) is 0 Å². The van der Waals surface area contributed by atoms with Gasteiger partial charge in [-0.15, -0.1) is 0 Å². The fourth-order valence-electron chi connectivity index (χ4n) is 0.0882. The molecule has 0 spiro atoms. The van der Waals surface area contributed by atoms with E-state index < -0.39 is 0 Å². The number of nitrogens with zero attached hydrogens (tertiary/aromatic N) is 1. The van der Waals surface area contributed by atoms with Crippen molar-refractivity contribution in [1.82, 2.24) is 0 Å². The van der Waals surface area contributed by atoms with E-state index in [1.165, 1.54) is 6.08 Å². The Hall–Kier alpha value is 0.224. The van der Waals surface area contributed by atoms with Gasteiger partial charge in [0, 0.05) is 32.7 Å². The SMILES string of the molecule is C=[C-]CN=C=O.[CH3-].[Y]. The van der Waals surface area contributed by atoms with E-state index in [1.807, 2.05) is 0 Å². The predicted molar refractivity (Wildman–Crippen MR) is 28.3 cm³/mol. The van der Waals surface area contributed by atoms with Gasteiger partial charge in [0.05, 0.1) is 0 Å². The smallest absolute Gasteiger partial charge is 0.232 e. The first-order valence-electron chi connectivity index (χ1n) is 1.45. The fraction of sp³-hybridized carbons (Fsp3) is 0.200. The van der Waals surface area contributed by atoms with Gasteiger partial charge in [-0.05, 0) is 0 Å². The molecule has 0 aliphatic carbocycles. The zero-order valence-corrected chi connectivity index (χ0v) is 7.69. The molecule has 0 amide bonds. The molecule has 0 aliphatic rings. The summed E-state index contributed by atoms with van der Waals surface area (Å²) in [6, 6.07) is 0. The molecule has 0 heterocycles. The summed E-state index contributed by atoms with van der Waals surface area (Å²) in [5.41, 5.74) is 0. The molecule has 0 unspecified atom stereocenters. The monoisotopic (exact) mass is 186 g/mol. The van der Waals surface area contributed by atoms with Gasteiger partial charge >= 0.3 is 0 Å². The van der Waals surface area contributed by atoms with Crippen molar-refractivity contribution in [2.45, 2.75) is 0 Å². The Labute approximate surface area is 75.0 Å². The summed E-state index contributed by atoms with van der Waals surface area (Å²) in [6.07, 6.45) is 3.73. The molecule has 0 aliphatic heterocycles. The van der Waals surface area contributed by atoms with E-state index in [0.717, 1.165) is 0 Å². The topological polar surface area (TPSA) is 29.4 Å². The van der Waals surface area contributed by atoms with Crippen LogP contribution in [0.25, 0.3) is 0 Å². The maximum absolute atomic E-state index is 9.20. The molecular weight excluding hydrogens is 179 g/mol. The Kier molecular flexibility index (Phi) is 30.8. The largest absolute Gasteiger partial charge is 0.481 e. The van der Waals surface area contributed by atoms with Gasteiger partial charge in [0.15, 0.2) is 0 Å². The van der Waals surface area contributed by atoms with Gasteiger partial charge in [0.1, 0.15) is 0 Å². The van der Waals surface area contributed by atoms with Crippen molar-refractivity contribution in [3.8, 4) is 0 Å². The first-order valence-corrected chi connectivity index (χ1v) is 1.45. The van der Waals surface area contributed by atoms with Gasteiger partial charge in [-0.25, -0.2) is 9.79 Å². The molecule has 0 rings (SSSR count). The molecule has 43 valence electrons. The molecule has 0 bridgehead atoms. The first-order chi connectivity index (χ1) is 2.91. The molecule has 0 fully saturated rings. The Balaban J connectivity index is -0.000000125. The summed E-state index contributed by atoms with van der Waals surface area (Å²) < 4.78 is 0. The summed E-state index contributed by atoms with van der Waals surface area (Å²) in [7, 11) is 0. The average Bonchev–Trinajstić information content (AvgIpc) is 1.61. The van der Waals surface area contributed by atoms with Crippen LogP contribution in [0.5, 0.6) is 0 Å². The normalized spacial score (nSPS) is 4.50. The van der Waals surface area contributed by atoms with E-state index in [4.69, 9.17) is 0 Å². The second kappa shape index (κ2) is 15.7. The number of carbonyl (C=O) groups excluding carboxylic acids is 1. The molecule has 0 N–H and O–H groups in total.